The summed E-state index contributed by atoms with van der Waals surface area (Å²) in [6.45, 7) is 3.96. The van der Waals surface area contributed by atoms with Crippen molar-refractivity contribution in [1.29, 1.82) is 0 Å². The number of aliphatic hydroxyl groups excluding tert-OH is 1. The highest BCUT2D eigenvalue weighted by molar-refractivity contribution is 5.50. The summed E-state index contributed by atoms with van der Waals surface area (Å²) < 4.78 is 14.2. The van der Waals surface area contributed by atoms with Gasteiger partial charge in [-0.25, -0.2) is 4.39 Å². The topological polar surface area (TPSA) is 35.5 Å². The first-order valence-corrected chi connectivity index (χ1v) is 6.98. The van der Waals surface area contributed by atoms with E-state index >= 15 is 0 Å². The summed E-state index contributed by atoms with van der Waals surface area (Å²) >= 11 is 0. The SMILES string of the molecule is CNC(C)c1ccc(N2CCC(CCO)C2)c(F)c1. The molecule has 0 amide bonds. The predicted molar refractivity (Wildman–Crippen MR) is 75.9 cm³/mol. The van der Waals surface area contributed by atoms with E-state index in [1.807, 2.05) is 26.1 Å². The van der Waals surface area contributed by atoms with Crippen molar-refractivity contribution in [2.45, 2.75) is 25.8 Å². The maximum Gasteiger partial charge on any atom is 0.146 e. The lowest BCUT2D eigenvalue weighted by Gasteiger charge is -2.21. The lowest BCUT2D eigenvalue weighted by atomic mass is 10.1. The highest BCUT2D eigenvalue weighted by Gasteiger charge is 2.24. The van der Waals surface area contributed by atoms with Gasteiger partial charge in [0.25, 0.3) is 0 Å². The summed E-state index contributed by atoms with van der Waals surface area (Å²) in [5, 5.41) is 12.1. The Morgan fingerprint density at radius 2 is 2.32 bits per heavy atom. The zero-order chi connectivity index (χ0) is 13.8. The molecule has 1 saturated heterocycles. The molecule has 1 aliphatic heterocycles. The van der Waals surface area contributed by atoms with Crippen LogP contribution in [0, 0.1) is 11.7 Å². The molecule has 0 radical (unpaired) electrons. The number of nitrogens with one attached hydrogen (secondary N) is 1. The summed E-state index contributed by atoms with van der Waals surface area (Å²) in [5.74, 6) is 0.338. The van der Waals surface area contributed by atoms with E-state index in [0.717, 1.165) is 31.5 Å². The van der Waals surface area contributed by atoms with Gasteiger partial charge in [0.05, 0.1) is 5.69 Å². The number of aliphatic hydroxyl groups is 1. The second kappa shape index (κ2) is 6.35. The van der Waals surface area contributed by atoms with E-state index in [1.165, 1.54) is 0 Å². The molecular formula is C15H23FN2O. The molecule has 0 spiro atoms. The summed E-state index contributed by atoms with van der Waals surface area (Å²) in [5.41, 5.74) is 1.65. The number of halogens is 1. The number of nitrogens with zero attached hydrogens (tertiary/aromatic N) is 1. The molecule has 1 aromatic carbocycles. The van der Waals surface area contributed by atoms with Crippen molar-refractivity contribution in [2.75, 3.05) is 31.6 Å². The quantitative estimate of drug-likeness (QED) is 0.858. The summed E-state index contributed by atoms with van der Waals surface area (Å²) in [7, 11) is 1.87. The van der Waals surface area contributed by atoms with Gasteiger partial charge in [-0.05, 0) is 50.4 Å². The van der Waals surface area contributed by atoms with E-state index in [1.54, 1.807) is 6.07 Å². The Kier molecular flexibility index (Phi) is 4.77. The van der Waals surface area contributed by atoms with Crippen molar-refractivity contribution in [1.82, 2.24) is 5.32 Å². The molecule has 2 rings (SSSR count). The molecule has 106 valence electrons. The van der Waals surface area contributed by atoms with Gasteiger partial charge in [0.1, 0.15) is 5.82 Å². The first-order valence-electron chi connectivity index (χ1n) is 6.98. The van der Waals surface area contributed by atoms with E-state index in [2.05, 4.69) is 10.2 Å². The van der Waals surface area contributed by atoms with Gasteiger partial charge in [-0.15, -0.1) is 0 Å². The maximum absolute atomic E-state index is 14.2. The van der Waals surface area contributed by atoms with E-state index < -0.39 is 0 Å². The fourth-order valence-electron chi connectivity index (χ4n) is 2.69. The number of rotatable bonds is 5. The van der Waals surface area contributed by atoms with Crippen molar-refractivity contribution < 1.29 is 9.50 Å². The summed E-state index contributed by atoms with van der Waals surface area (Å²) in [6.07, 6.45) is 1.85. The number of hydrogen-bond acceptors (Lipinski definition) is 3. The van der Waals surface area contributed by atoms with E-state index in [4.69, 9.17) is 5.11 Å². The molecular weight excluding hydrogens is 243 g/mol. The van der Waals surface area contributed by atoms with Gasteiger partial charge in [0.15, 0.2) is 0 Å². The second-order valence-corrected chi connectivity index (χ2v) is 5.33. The lowest BCUT2D eigenvalue weighted by Crippen LogP contribution is -2.21. The van der Waals surface area contributed by atoms with Crippen molar-refractivity contribution >= 4 is 5.69 Å². The lowest BCUT2D eigenvalue weighted by molar-refractivity contribution is 0.263. The van der Waals surface area contributed by atoms with E-state index in [9.17, 15) is 4.39 Å². The Labute approximate surface area is 114 Å². The summed E-state index contributed by atoms with van der Waals surface area (Å²) in [4.78, 5) is 2.09. The third-order valence-corrected chi connectivity index (χ3v) is 4.07. The number of hydrogen-bond donors (Lipinski definition) is 2. The molecule has 1 heterocycles. The van der Waals surface area contributed by atoms with Crippen LogP contribution < -0.4 is 10.2 Å². The van der Waals surface area contributed by atoms with Crippen LogP contribution >= 0.6 is 0 Å². The van der Waals surface area contributed by atoms with E-state index in [-0.39, 0.29) is 18.5 Å². The van der Waals surface area contributed by atoms with E-state index in [0.29, 0.717) is 11.6 Å². The average molecular weight is 266 g/mol. The molecule has 3 nitrogen and oxygen atoms in total. The van der Waals surface area contributed by atoms with Crippen LogP contribution in [-0.2, 0) is 0 Å². The van der Waals surface area contributed by atoms with Gasteiger partial charge in [0, 0.05) is 25.7 Å². The third-order valence-electron chi connectivity index (χ3n) is 4.07. The monoisotopic (exact) mass is 266 g/mol. The molecule has 1 fully saturated rings. The Hall–Kier alpha value is -1.13. The van der Waals surface area contributed by atoms with Crippen LogP contribution in [0.25, 0.3) is 0 Å². The zero-order valence-corrected chi connectivity index (χ0v) is 11.7. The minimum atomic E-state index is -0.149. The Morgan fingerprint density at radius 3 is 2.95 bits per heavy atom. The largest absolute Gasteiger partial charge is 0.396 e. The first-order chi connectivity index (χ1) is 9.15. The molecule has 1 aromatic rings. The fourth-order valence-corrected chi connectivity index (χ4v) is 2.69. The Balaban J connectivity index is 2.09. The minimum Gasteiger partial charge on any atom is -0.396 e. The Bertz CT molecular complexity index is 425. The van der Waals surface area contributed by atoms with Crippen molar-refractivity contribution in [3.8, 4) is 0 Å². The van der Waals surface area contributed by atoms with Crippen molar-refractivity contribution in [3.05, 3.63) is 29.6 Å². The molecule has 0 bridgehead atoms. The van der Waals surface area contributed by atoms with Gasteiger partial charge >= 0.3 is 0 Å². The summed E-state index contributed by atoms with van der Waals surface area (Å²) in [6, 6.07) is 5.64. The number of benzene rings is 1. The molecule has 1 aliphatic rings. The normalized spacial score (nSPS) is 20.8. The highest BCUT2D eigenvalue weighted by atomic mass is 19.1. The van der Waals surface area contributed by atoms with Gasteiger partial charge in [-0.3, -0.25) is 0 Å². The smallest absolute Gasteiger partial charge is 0.146 e. The average Bonchev–Trinajstić information content (AvgIpc) is 2.86. The molecule has 2 N–H and O–H groups in total. The van der Waals surface area contributed by atoms with Gasteiger partial charge in [-0.2, -0.15) is 0 Å². The molecule has 0 aromatic heterocycles. The van der Waals surface area contributed by atoms with Gasteiger partial charge in [0.2, 0.25) is 0 Å². The standard InChI is InChI=1S/C15H23FN2O/c1-11(17-2)13-3-4-15(14(16)9-13)18-7-5-12(10-18)6-8-19/h3-4,9,11-12,17,19H,5-8,10H2,1-2H3. The van der Waals surface area contributed by atoms with Crippen LogP contribution in [0.2, 0.25) is 0 Å². The second-order valence-electron chi connectivity index (χ2n) is 5.33. The van der Waals surface area contributed by atoms with Crippen molar-refractivity contribution in [2.24, 2.45) is 5.92 Å². The van der Waals surface area contributed by atoms with Crippen LogP contribution in [0.4, 0.5) is 10.1 Å². The van der Waals surface area contributed by atoms with Crippen molar-refractivity contribution in [3.63, 3.8) is 0 Å². The minimum absolute atomic E-state index is 0.149. The highest BCUT2D eigenvalue weighted by Crippen LogP contribution is 2.29. The first kappa shape index (κ1) is 14.3. The maximum atomic E-state index is 14.2. The molecule has 0 aliphatic carbocycles. The molecule has 4 heteroatoms. The number of anilines is 1. The van der Waals surface area contributed by atoms with Crippen LogP contribution in [0.15, 0.2) is 18.2 Å². The predicted octanol–water partition coefficient (Wildman–Crippen LogP) is 2.31. The van der Waals surface area contributed by atoms with Crippen LogP contribution in [0.1, 0.15) is 31.4 Å². The molecule has 2 atom stereocenters. The molecule has 0 saturated carbocycles. The fraction of sp³-hybridized carbons (Fsp3) is 0.600. The molecule has 2 unspecified atom stereocenters. The zero-order valence-electron chi connectivity index (χ0n) is 11.7. The third kappa shape index (κ3) is 3.25. The molecule has 19 heavy (non-hydrogen) atoms. The van der Waals surface area contributed by atoms with Crippen LogP contribution in [0.5, 0.6) is 0 Å². The van der Waals surface area contributed by atoms with Crippen LogP contribution in [-0.4, -0.2) is 31.9 Å². The van der Waals surface area contributed by atoms with Crippen LogP contribution in [0.3, 0.4) is 0 Å². The Morgan fingerprint density at radius 1 is 1.53 bits per heavy atom. The van der Waals surface area contributed by atoms with Gasteiger partial charge < -0.3 is 15.3 Å². The van der Waals surface area contributed by atoms with Gasteiger partial charge in [-0.1, -0.05) is 6.07 Å².